The average Bonchev–Trinajstić information content (AvgIpc) is 3.57. The maximum atomic E-state index is 8.66. The summed E-state index contributed by atoms with van der Waals surface area (Å²) < 4.78 is 0. The van der Waals surface area contributed by atoms with Crippen LogP contribution < -0.4 is 0 Å². The second-order valence-corrected chi connectivity index (χ2v) is 14.2. The SMILES string of the molecule is C=C/C=C(\C=C/C)C1=CC(/C(=C/C(=N)c2cccc(-c3ccccc3)c2)N=C)=CCC1.Cc1ccc2c(c1)-c1ccccc1C2(c1ccccc1)c1ccccn1. The number of benzene rings is 5. The molecule has 0 fully saturated rings. The molecular formula is C54H47N3. The fraction of sp³-hybridized carbons (Fsp3) is 0.0926. The molecule has 0 saturated carbocycles. The molecular weight excluding hydrogens is 691 g/mol. The van der Waals surface area contributed by atoms with E-state index in [2.05, 4.69) is 147 Å². The zero-order chi connectivity index (χ0) is 39.6. The summed E-state index contributed by atoms with van der Waals surface area (Å²) in [6, 6.07) is 50.8. The van der Waals surface area contributed by atoms with Crippen LogP contribution in [0.4, 0.5) is 0 Å². The van der Waals surface area contributed by atoms with E-state index in [1.807, 2.05) is 73.8 Å². The van der Waals surface area contributed by atoms with Gasteiger partial charge >= 0.3 is 0 Å². The Bertz CT molecular complexity index is 2530. The molecule has 5 aromatic carbocycles. The lowest BCUT2D eigenvalue weighted by Gasteiger charge is -2.32. The van der Waals surface area contributed by atoms with Gasteiger partial charge in [0.05, 0.1) is 22.5 Å². The number of allylic oxidation sites excluding steroid dienone is 9. The zero-order valence-corrected chi connectivity index (χ0v) is 32.7. The highest BCUT2D eigenvalue weighted by atomic mass is 14.7. The van der Waals surface area contributed by atoms with Gasteiger partial charge in [0.2, 0.25) is 0 Å². The Hall–Kier alpha value is -6.97. The molecule has 0 aliphatic heterocycles. The van der Waals surface area contributed by atoms with Crippen molar-refractivity contribution in [2.45, 2.75) is 32.1 Å². The van der Waals surface area contributed by atoms with Gasteiger partial charge in [-0.1, -0.05) is 170 Å². The van der Waals surface area contributed by atoms with Gasteiger partial charge in [0, 0.05) is 11.8 Å². The Kier molecular flexibility index (Phi) is 11.9. The third-order valence-electron chi connectivity index (χ3n) is 10.6. The van der Waals surface area contributed by atoms with Crippen molar-refractivity contribution in [2.75, 3.05) is 0 Å². The van der Waals surface area contributed by atoms with E-state index in [-0.39, 0.29) is 5.41 Å². The zero-order valence-electron chi connectivity index (χ0n) is 32.7. The number of nitrogens with zero attached hydrogens (tertiary/aromatic N) is 2. The van der Waals surface area contributed by atoms with Crippen molar-refractivity contribution in [1.29, 1.82) is 5.41 Å². The molecule has 1 N–H and O–H groups in total. The van der Waals surface area contributed by atoms with E-state index >= 15 is 0 Å². The van der Waals surface area contributed by atoms with Gasteiger partial charge in [0.15, 0.2) is 0 Å². The molecule has 0 bridgehead atoms. The van der Waals surface area contributed by atoms with Crippen LogP contribution in [0.5, 0.6) is 0 Å². The molecule has 8 rings (SSSR count). The average molecular weight is 738 g/mol. The minimum Gasteiger partial charge on any atom is -0.300 e. The van der Waals surface area contributed by atoms with Crippen LogP contribution in [0.15, 0.2) is 228 Å². The molecule has 2 aliphatic rings. The smallest absolute Gasteiger partial charge is 0.0885 e. The summed E-state index contributed by atoms with van der Waals surface area (Å²) >= 11 is 0. The van der Waals surface area contributed by atoms with E-state index < -0.39 is 0 Å². The van der Waals surface area contributed by atoms with Crippen molar-refractivity contribution in [3.63, 3.8) is 0 Å². The van der Waals surface area contributed by atoms with Crippen molar-refractivity contribution in [2.24, 2.45) is 4.99 Å². The number of fused-ring (bicyclic) bond motifs is 3. The van der Waals surface area contributed by atoms with E-state index in [0.29, 0.717) is 11.4 Å². The molecule has 1 unspecified atom stereocenters. The third kappa shape index (κ3) is 7.92. The van der Waals surface area contributed by atoms with Gasteiger partial charge in [-0.05, 0) is 119 Å². The number of rotatable bonds is 10. The highest BCUT2D eigenvalue weighted by Gasteiger charge is 2.46. The quantitative estimate of drug-likeness (QED) is 0.110. The van der Waals surface area contributed by atoms with Crippen molar-refractivity contribution in [1.82, 2.24) is 4.98 Å². The highest BCUT2D eigenvalue weighted by Crippen LogP contribution is 2.55. The Morgan fingerprint density at radius 2 is 1.49 bits per heavy atom. The lowest BCUT2D eigenvalue weighted by atomic mass is 9.70. The van der Waals surface area contributed by atoms with E-state index in [0.717, 1.165) is 46.4 Å². The number of aryl methyl sites for hydroxylation is 1. The van der Waals surface area contributed by atoms with Gasteiger partial charge in [0.25, 0.3) is 0 Å². The van der Waals surface area contributed by atoms with Crippen molar-refractivity contribution in [3.05, 3.63) is 257 Å². The predicted molar refractivity (Wildman–Crippen MR) is 241 cm³/mol. The molecule has 3 nitrogen and oxygen atoms in total. The second-order valence-electron chi connectivity index (χ2n) is 14.2. The fourth-order valence-electron chi connectivity index (χ4n) is 8.03. The molecule has 6 aromatic rings. The molecule has 0 radical (unpaired) electrons. The maximum absolute atomic E-state index is 8.66. The van der Waals surface area contributed by atoms with Crippen LogP contribution in [0.2, 0.25) is 0 Å². The van der Waals surface area contributed by atoms with E-state index in [1.54, 1.807) is 6.08 Å². The second kappa shape index (κ2) is 17.7. The summed E-state index contributed by atoms with van der Waals surface area (Å²) in [6.07, 6.45) is 17.9. The Labute approximate surface area is 337 Å². The van der Waals surface area contributed by atoms with Crippen LogP contribution in [0.3, 0.4) is 0 Å². The van der Waals surface area contributed by atoms with Crippen molar-refractivity contribution < 1.29 is 0 Å². The molecule has 278 valence electrons. The van der Waals surface area contributed by atoms with Crippen molar-refractivity contribution in [3.8, 4) is 22.3 Å². The third-order valence-corrected chi connectivity index (χ3v) is 10.6. The van der Waals surface area contributed by atoms with Gasteiger partial charge < -0.3 is 5.41 Å². The van der Waals surface area contributed by atoms with Crippen LogP contribution in [0.25, 0.3) is 22.3 Å². The predicted octanol–water partition coefficient (Wildman–Crippen LogP) is 13.4. The molecule has 3 heteroatoms. The first kappa shape index (κ1) is 38.3. The minimum absolute atomic E-state index is 0.373. The van der Waals surface area contributed by atoms with Gasteiger partial charge in [-0.25, -0.2) is 0 Å². The summed E-state index contributed by atoms with van der Waals surface area (Å²) in [7, 11) is 0. The van der Waals surface area contributed by atoms with E-state index in [9.17, 15) is 0 Å². The lowest BCUT2D eigenvalue weighted by molar-refractivity contribution is 0.734. The van der Waals surface area contributed by atoms with Crippen LogP contribution in [0.1, 0.15) is 53.3 Å². The molecule has 0 spiro atoms. The maximum Gasteiger partial charge on any atom is 0.0885 e. The first-order chi connectivity index (χ1) is 28.0. The number of aliphatic imine (C=N–C) groups is 1. The highest BCUT2D eigenvalue weighted by molar-refractivity contribution is 6.08. The summed E-state index contributed by atoms with van der Waals surface area (Å²) in [5, 5.41) is 8.66. The minimum atomic E-state index is -0.373. The lowest BCUT2D eigenvalue weighted by Crippen LogP contribution is -2.29. The summed E-state index contributed by atoms with van der Waals surface area (Å²) in [5.41, 5.74) is 16.1. The normalized spacial score (nSPS) is 16.0. The van der Waals surface area contributed by atoms with Crippen LogP contribution >= 0.6 is 0 Å². The molecule has 0 amide bonds. The van der Waals surface area contributed by atoms with Crippen LogP contribution in [-0.4, -0.2) is 17.4 Å². The van der Waals surface area contributed by atoms with Gasteiger partial charge in [0.1, 0.15) is 0 Å². The summed E-state index contributed by atoms with van der Waals surface area (Å²) in [5.74, 6) is 0. The van der Waals surface area contributed by atoms with Crippen LogP contribution in [-0.2, 0) is 5.41 Å². The molecule has 1 heterocycles. The summed E-state index contributed by atoms with van der Waals surface area (Å²) in [4.78, 5) is 9.07. The largest absolute Gasteiger partial charge is 0.300 e. The van der Waals surface area contributed by atoms with Crippen LogP contribution in [0, 0.1) is 12.3 Å². The Morgan fingerprint density at radius 1 is 0.772 bits per heavy atom. The van der Waals surface area contributed by atoms with Crippen molar-refractivity contribution >= 4 is 12.4 Å². The number of aromatic nitrogens is 1. The molecule has 1 atom stereocenters. The van der Waals surface area contributed by atoms with E-state index in [1.165, 1.54) is 39.0 Å². The topological polar surface area (TPSA) is 49.1 Å². The monoisotopic (exact) mass is 737 g/mol. The first-order valence-corrected chi connectivity index (χ1v) is 19.5. The van der Waals surface area contributed by atoms with E-state index in [4.69, 9.17) is 10.4 Å². The number of hydrogen-bond acceptors (Lipinski definition) is 3. The Balaban J connectivity index is 0.000000176. The van der Waals surface area contributed by atoms with Gasteiger partial charge in [-0.2, -0.15) is 0 Å². The number of pyridine rings is 1. The Morgan fingerprint density at radius 3 is 2.23 bits per heavy atom. The number of nitrogens with one attached hydrogen (secondary N) is 1. The van der Waals surface area contributed by atoms with Gasteiger partial charge in [-0.3, -0.25) is 9.98 Å². The molecule has 2 aliphatic carbocycles. The van der Waals surface area contributed by atoms with Gasteiger partial charge in [-0.15, -0.1) is 0 Å². The molecule has 0 saturated heterocycles. The fourth-order valence-corrected chi connectivity index (χ4v) is 8.03. The summed E-state index contributed by atoms with van der Waals surface area (Å²) in [6.45, 7) is 11.8. The molecule has 1 aromatic heterocycles. The molecule has 57 heavy (non-hydrogen) atoms. The number of hydrogen-bond donors (Lipinski definition) is 1. The standard InChI is InChI=1S/C29H28N2.C25H19N/c1-4-11-22(12-5-2)25-16-10-18-27(20-25)29(31-3)21-28(30)26-17-9-15-24(19-26)23-13-7-6-8-14-23;1-18-14-15-23-21(17-18)20-11-5-6-12-22(20)25(23,19-9-3-2-4-10-19)24-13-7-8-16-26-24/h4-9,11-15,17-21,30H,1,3,10,16H2,2H3;2-17H,1H3/b12-5-,22-11+,29-21-,30-28?;. The first-order valence-electron chi connectivity index (χ1n) is 19.5.